The van der Waals surface area contributed by atoms with E-state index in [1.54, 1.807) is 10.6 Å². The summed E-state index contributed by atoms with van der Waals surface area (Å²) in [7, 11) is 0. The molecule has 1 aromatic heterocycles. The van der Waals surface area contributed by atoms with Crippen molar-refractivity contribution in [1.82, 2.24) is 4.57 Å². The van der Waals surface area contributed by atoms with Crippen LogP contribution in [0.5, 0.6) is 0 Å². The molecule has 1 aliphatic carbocycles. The molecule has 0 unspecified atom stereocenters. The lowest BCUT2D eigenvalue weighted by Gasteiger charge is -2.05. The van der Waals surface area contributed by atoms with Gasteiger partial charge in [-0.1, -0.05) is 0 Å². The van der Waals surface area contributed by atoms with Crippen LogP contribution in [0.3, 0.4) is 0 Å². The van der Waals surface area contributed by atoms with E-state index in [0.29, 0.717) is 25.1 Å². The number of hydrogen-bond donors (Lipinski definition) is 1. The standard InChI is InChI=1S/C10H11NO3/c1-2-11-7(10(13)14)5-6-3-4-8(12)9(6)11/h5H,2-4H2,1H3,(H,13,14). The molecule has 1 aromatic rings. The zero-order valence-corrected chi connectivity index (χ0v) is 7.91. The number of nitrogens with zero attached hydrogens (tertiary/aromatic N) is 1. The molecule has 1 N–H and O–H groups in total. The van der Waals surface area contributed by atoms with E-state index in [1.165, 1.54) is 0 Å². The summed E-state index contributed by atoms with van der Waals surface area (Å²) in [5.41, 5.74) is 1.71. The van der Waals surface area contributed by atoms with Gasteiger partial charge in [0.15, 0.2) is 5.78 Å². The third kappa shape index (κ3) is 1.07. The molecule has 0 spiro atoms. The first-order chi connectivity index (χ1) is 6.65. The molecule has 4 heteroatoms. The van der Waals surface area contributed by atoms with Crippen molar-refractivity contribution in [2.45, 2.75) is 26.3 Å². The second-order valence-corrected chi connectivity index (χ2v) is 3.38. The minimum absolute atomic E-state index is 0.0642. The lowest BCUT2D eigenvalue weighted by Crippen LogP contribution is -2.12. The monoisotopic (exact) mass is 193 g/mol. The van der Waals surface area contributed by atoms with Gasteiger partial charge in [-0.15, -0.1) is 0 Å². The van der Waals surface area contributed by atoms with Crippen LogP contribution < -0.4 is 0 Å². The summed E-state index contributed by atoms with van der Waals surface area (Å²) in [6.07, 6.45) is 1.20. The number of carbonyl (C=O) groups is 2. The van der Waals surface area contributed by atoms with Crippen LogP contribution in [0.4, 0.5) is 0 Å². The first-order valence-electron chi connectivity index (χ1n) is 4.64. The molecule has 4 nitrogen and oxygen atoms in total. The molecule has 0 atom stereocenters. The van der Waals surface area contributed by atoms with Crippen LogP contribution in [0, 0.1) is 0 Å². The van der Waals surface area contributed by atoms with E-state index in [1.807, 2.05) is 6.92 Å². The van der Waals surface area contributed by atoms with E-state index in [2.05, 4.69) is 0 Å². The number of aromatic nitrogens is 1. The molecule has 0 saturated carbocycles. The van der Waals surface area contributed by atoms with Crippen LogP contribution in [0.15, 0.2) is 6.07 Å². The maximum absolute atomic E-state index is 11.5. The molecule has 1 aliphatic rings. The minimum Gasteiger partial charge on any atom is -0.477 e. The number of rotatable bonds is 2. The van der Waals surface area contributed by atoms with Gasteiger partial charge in [0.1, 0.15) is 5.69 Å². The minimum atomic E-state index is -0.964. The third-order valence-corrected chi connectivity index (χ3v) is 2.60. The van der Waals surface area contributed by atoms with Gasteiger partial charge in [-0.3, -0.25) is 4.79 Å². The smallest absolute Gasteiger partial charge is 0.352 e. The number of carboxylic acids is 1. The zero-order chi connectivity index (χ0) is 10.3. The summed E-state index contributed by atoms with van der Waals surface area (Å²) >= 11 is 0. The van der Waals surface area contributed by atoms with Crippen LogP contribution in [-0.4, -0.2) is 21.4 Å². The first kappa shape index (κ1) is 8.99. The van der Waals surface area contributed by atoms with Crippen molar-refractivity contribution < 1.29 is 14.7 Å². The summed E-state index contributed by atoms with van der Waals surface area (Å²) in [6, 6.07) is 1.62. The van der Waals surface area contributed by atoms with Crippen molar-refractivity contribution >= 4 is 11.8 Å². The van der Waals surface area contributed by atoms with E-state index in [9.17, 15) is 9.59 Å². The molecule has 0 amide bonds. The summed E-state index contributed by atoms with van der Waals surface area (Å²) in [5.74, 6) is -0.900. The molecule has 0 bridgehead atoms. The Balaban J connectivity index is 2.62. The highest BCUT2D eigenvalue weighted by Gasteiger charge is 2.27. The lowest BCUT2D eigenvalue weighted by atomic mass is 10.2. The van der Waals surface area contributed by atoms with Crippen molar-refractivity contribution in [2.24, 2.45) is 0 Å². The Morgan fingerprint density at radius 1 is 1.57 bits per heavy atom. The number of aromatic carboxylic acids is 1. The highest BCUT2D eigenvalue weighted by atomic mass is 16.4. The number of aryl methyl sites for hydroxylation is 1. The normalized spacial score (nSPS) is 14.5. The quantitative estimate of drug-likeness (QED) is 0.770. The molecule has 0 aliphatic heterocycles. The second kappa shape index (κ2) is 2.97. The van der Waals surface area contributed by atoms with E-state index in [-0.39, 0.29) is 11.5 Å². The molecule has 0 aromatic carbocycles. The van der Waals surface area contributed by atoms with Crippen LogP contribution >= 0.6 is 0 Å². The van der Waals surface area contributed by atoms with Gasteiger partial charge >= 0.3 is 5.97 Å². The SMILES string of the molecule is CCn1c(C(=O)O)cc2c1C(=O)CC2. The van der Waals surface area contributed by atoms with Gasteiger partial charge in [0.25, 0.3) is 0 Å². The summed E-state index contributed by atoms with van der Waals surface area (Å²) < 4.78 is 1.59. The van der Waals surface area contributed by atoms with E-state index < -0.39 is 5.97 Å². The highest BCUT2D eigenvalue weighted by molar-refractivity contribution is 6.01. The molecule has 0 radical (unpaired) electrons. The Morgan fingerprint density at radius 2 is 2.29 bits per heavy atom. The predicted octanol–water partition coefficient (Wildman–Crippen LogP) is 1.34. The fraction of sp³-hybridized carbons (Fsp3) is 0.400. The summed E-state index contributed by atoms with van der Waals surface area (Å²) in [5, 5.41) is 8.91. The topological polar surface area (TPSA) is 59.3 Å². The van der Waals surface area contributed by atoms with Gasteiger partial charge in [0.2, 0.25) is 0 Å². The molecule has 2 rings (SSSR count). The van der Waals surface area contributed by atoms with Crippen LogP contribution in [0.2, 0.25) is 0 Å². The van der Waals surface area contributed by atoms with Gasteiger partial charge in [-0.25, -0.2) is 4.79 Å². The zero-order valence-electron chi connectivity index (χ0n) is 7.91. The van der Waals surface area contributed by atoms with Gasteiger partial charge in [-0.2, -0.15) is 0 Å². The summed E-state index contributed by atoms with van der Waals surface area (Å²) in [6.45, 7) is 2.38. The lowest BCUT2D eigenvalue weighted by molar-refractivity contribution is 0.0685. The van der Waals surface area contributed by atoms with Crippen molar-refractivity contribution in [3.8, 4) is 0 Å². The maximum atomic E-state index is 11.5. The number of Topliss-reactive ketones (excluding diaryl/α,β-unsaturated/α-hetero) is 1. The Labute approximate surface area is 81.2 Å². The number of fused-ring (bicyclic) bond motifs is 1. The van der Waals surface area contributed by atoms with E-state index in [4.69, 9.17) is 5.11 Å². The van der Waals surface area contributed by atoms with Crippen LogP contribution in [0.1, 0.15) is 39.9 Å². The third-order valence-electron chi connectivity index (χ3n) is 2.60. The number of carboxylic acid groups (broad SMARTS) is 1. The average molecular weight is 193 g/mol. The Kier molecular flexibility index (Phi) is 1.91. The van der Waals surface area contributed by atoms with Crippen molar-refractivity contribution in [3.05, 3.63) is 23.0 Å². The number of hydrogen-bond acceptors (Lipinski definition) is 2. The molecular formula is C10H11NO3. The number of carbonyl (C=O) groups excluding carboxylic acids is 1. The molecule has 14 heavy (non-hydrogen) atoms. The van der Waals surface area contributed by atoms with Gasteiger partial charge in [0.05, 0.1) is 5.69 Å². The molecule has 74 valence electrons. The first-order valence-corrected chi connectivity index (χ1v) is 4.64. The fourth-order valence-electron chi connectivity index (χ4n) is 2.00. The highest BCUT2D eigenvalue weighted by Crippen LogP contribution is 2.25. The Bertz CT molecular complexity index is 417. The Morgan fingerprint density at radius 3 is 2.86 bits per heavy atom. The molecule has 0 saturated heterocycles. The molecular weight excluding hydrogens is 182 g/mol. The summed E-state index contributed by atoms with van der Waals surface area (Å²) in [4.78, 5) is 22.3. The van der Waals surface area contributed by atoms with Gasteiger partial charge in [0, 0.05) is 13.0 Å². The van der Waals surface area contributed by atoms with Crippen LogP contribution in [0.25, 0.3) is 0 Å². The van der Waals surface area contributed by atoms with Gasteiger partial charge in [-0.05, 0) is 25.0 Å². The average Bonchev–Trinajstić information content (AvgIpc) is 2.66. The van der Waals surface area contributed by atoms with Crippen molar-refractivity contribution in [1.29, 1.82) is 0 Å². The Hall–Kier alpha value is -1.58. The van der Waals surface area contributed by atoms with Crippen molar-refractivity contribution in [3.63, 3.8) is 0 Å². The van der Waals surface area contributed by atoms with Crippen LogP contribution in [-0.2, 0) is 13.0 Å². The van der Waals surface area contributed by atoms with Gasteiger partial charge < -0.3 is 9.67 Å². The second-order valence-electron chi connectivity index (χ2n) is 3.38. The molecule has 1 heterocycles. The fourth-order valence-corrected chi connectivity index (χ4v) is 2.00. The molecule has 0 fully saturated rings. The predicted molar refractivity (Wildman–Crippen MR) is 49.7 cm³/mol. The number of ketones is 1. The van der Waals surface area contributed by atoms with E-state index in [0.717, 1.165) is 5.56 Å². The van der Waals surface area contributed by atoms with E-state index >= 15 is 0 Å². The maximum Gasteiger partial charge on any atom is 0.352 e. The van der Waals surface area contributed by atoms with Crippen molar-refractivity contribution in [2.75, 3.05) is 0 Å². The largest absolute Gasteiger partial charge is 0.477 e.